The second-order valence-corrected chi connectivity index (χ2v) is 6.63. The Kier molecular flexibility index (Phi) is 4.97. The van der Waals surface area contributed by atoms with Gasteiger partial charge in [-0.05, 0) is 31.9 Å². The van der Waals surface area contributed by atoms with Crippen LogP contribution in [0.15, 0.2) is 12.1 Å². The second-order valence-electron chi connectivity index (χ2n) is 6.63. The zero-order valence-electron chi connectivity index (χ0n) is 14.4. The van der Waals surface area contributed by atoms with Gasteiger partial charge >= 0.3 is 0 Å². The van der Waals surface area contributed by atoms with Crippen molar-refractivity contribution in [1.82, 2.24) is 20.0 Å². The molecule has 2 aliphatic rings. The van der Waals surface area contributed by atoms with Gasteiger partial charge in [0.2, 0.25) is 11.8 Å². The van der Waals surface area contributed by atoms with E-state index < -0.39 is 0 Å². The Morgan fingerprint density at radius 1 is 0.958 bits per heavy atom. The summed E-state index contributed by atoms with van der Waals surface area (Å²) in [5, 5.41) is 8.32. The van der Waals surface area contributed by atoms with Crippen molar-refractivity contribution in [3.63, 3.8) is 0 Å². The summed E-state index contributed by atoms with van der Waals surface area (Å²) in [5.41, 5.74) is 0.907. The molecular formula is C17H25N5O2. The van der Waals surface area contributed by atoms with E-state index in [1.165, 1.54) is 0 Å². The minimum Gasteiger partial charge on any atom is -0.352 e. The Hall–Kier alpha value is -2.18. The van der Waals surface area contributed by atoms with Crippen molar-refractivity contribution in [2.75, 3.05) is 44.2 Å². The number of hydrogen-bond donors (Lipinski definition) is 0. The molecule has 0 atom stereocenters. The molecular weight excluding hydrogens is 306 g/mol. The maximum Gasteiger partial charge on any atom is 0.225 e. The van der Waals surface area contributed by atoms with Crippen LogP contribution in [0.1, 0.15) is 25.5 Å². The molecule has 3 heterocycles. The van der Waals surface area contributed by atoms with Crippen LogP contribution in [0.4, 0.5) is 5.82 Å². The number of anilines is 1. The summed E-state index contributed by atoms with van der Waals surface area (Å²) in [6, 6.07) is 3.94. The van der Waals surface area contributed by atoms with Crippen LogP contribution in [0.3, 0.4) is 0 Å². The fourth-order valence-corrected chi connectivity index (χ4v) is 3.42. The van der Waals surface area contributed by atoms with Crippen molar-refractivity contribution in [2.24, 2.45) is 5.92 Å². The summed E-state index contributed by atoms with van der Waals surface area (Å²) in [7, 11) is 0. The average molecular weight is 331 g/mol. The van der Waals surface area contributed by atoms with Crippen LogP contribution in [0, 0.1) is 12.8 Å². The van der Waals surface area contributed by atoms with Gasteiger partial charge in [-0.3, -0.25) is 9.59 Å². The number of amides is 2. The van der Waals surface area contributed by atoms with Gasteiger partial charge in [0.15, 0.2) is 5.82 Å². The smallest absolute Gasteiger partial charge is 0.225 e. The summed E-state index contributed by atoms with van der Waals surface area (Å²) >= 11 is 0. The van der Waals surface area contributed by atoms with Crippen molar-refractivity contribution < 1.29 is 9.59 Å². The van der Waals surface area contributed by atoms with Gasteiger partial charge in [-0.25, -0.2) is 0 Å². The number of piperidine rings is 1. The fraction of sp³-hybridized carbons (Fsp3) is 0.647. The van der Waals surface area contributed by atoms with E-state index in [-0.39, 0.29) is 17.7 Å². The van der Waals surface area contributed by atoms with Gasteiger partial charge < -0.3 is 14.7 Å². The number of piperazine rings is 1. The first kappa shape index (κ1) is 16.7. The Labute approximate surface area is 142 Å². The van der Waals surface area contributed by atoms with E-state index in [0.29, 0.717) is 13.1 Å². The molecule has 7 heteroatoms. The summed E-state index contributed by atoms with van der Waals surface area (Å²) in [5.74, 6) is 1.29. The number of carbonyl (C=O) groups is 2. The number of nitrogens with zero attached hydrogens (tertiary/aromatic N) is 5. The van der Waals surface area contributed by atoms with E-state index >= 15 is 0 Å². The van der Waals surface area contributed by atoms with Gasteiger partial charge in [0.05, 0.1) is 5.69 Å². The van der Waals surface area contributed by atoms with Crippen molar-refractivity contribution in [2.45, 2.75) is 26.7 Å². The lowest BCUT2D eigenvalue weighted by atomic mass is 9.95. The molecule has 130 valence electrons. The molecule has 0 unspecified atom stereocenters. The largest absolute Gasteiger partial charge is 0.352 e. The number of carbonyl (C=O) groups excluding carboxylic acids is 2. The zero-order chi connectivity index (χ0) is 17.1. The molecule has 0 N–H and O–H groups in total. The Morgan fingerprint density at radius 2 is 1.62 bits per heavy atom. The molecule has 0 radical (unpaired) electrons. The van der Waals surface area contributed by atoms with Crippen LogP contribution >= 0.6 is 0 Å². The maximum absolute atomic E-state index is 12.7. The molecule has 2 amide bonds. The molecule has 24 heavy (non-hydrogen) atoms. The number of aromatic nitrogens is 2. The predicted octanol–water partition coefficient (Wildman–Crippen LogP) is 0.692. The van der Waals surface area contributed by atoms with E-state index in [2.05, 4.69) is 15.1 Å². The van der Waals surface area contributed by atoms with E-state index in [1.54, 1.807) is 6.92 Å². The number of likely N-dealkylation sites (tertiary alicyclic amines) is 1. The Morgan fingerprint density at radius 3 is 2.17 bits per heavy atom. The van der Waals surface area contributed by atoms with E-state index in [0.717, 1.165) is 50.5 Å². The van der Waals surface area contributed by atoms with Crippen molar-refractivity contribution >= 4 is 17.6 Å². The molecule has 1 aromatic heterocycles. The van der Waals surface area contributed by atoms with Gasteiger partial charge in [-0.15, -0.1) is 5.10 Å². The van der Waals surface area contributed by atoms with Crippen LogP contribution in [-0.4, -0.2) is 71.1 Å². The summed E-state index contributed by atoms with van der Waals surface area (Å²) in [4.78, 5) is 30.0. The SMILES string of the molecule is CC(=O)N1CCC(C(=O)N2CCN(c3ccc(C)nn3)CC2)CC1. The lowest BCUT2D eigenvalue weighted by molar-refractivity contribution is -0.140. The van der Waals surface area contributed by atoms with Crippen LogP contribution in [-0.2, 0) is 9.59 Å². The molecule has 0 saturated carbocycles. The van der Waals surface area contributed by atoms with E-state index in [4.69, 9.17) is 0 Å². The first-order valence-corrected chi connectivity index (χ1v) is 8.64. The van der Waals surface area contributed by atoms with Crippen LogP contribution in [0.25, 0.3) is 0 Å². The summed E-state index contributed by atoms with van der Waals surface area (Å²) in [6.45, 7) is 7.93. The maximum atomic E-state index is 12.7. The van der Waals surface area contributed by atoms with E-state index in [1.807, 2.05) is 28.9 Å². The lowest BCUT2D eigenvalue weighted by Gasteiger charge is -2.38. The van der Waals surface area contributed by atoms with Gasteiger partial charge in [0, 0.05) is 52.1 Å². The summed E-state index contributed by atoms with van der Waals surface area (Å²) < 4.78 is 0. The highest BCUT2D eigenvalue weighted by Gasteiger charge is 2.31. The lowest BCUT2D eigenvalue weighted by Crippen LogP contribution is -2.52. The van der Waals surface area contributed by atoms with Crippen molar-refractivity contribution in [1.29, 1.82) is 0 Å². The van der Waals surface area contributed by atoms with Gasteiger partial charge in [0.1, 0.15) is 0 Å². The van der Waals surface area contributed by atoms with Crippen LogP contribution in [0.5, 0.6) is 0 Å². The third kappa shape index (κ3) is 3.66. The number of hydrogen-bond acceptors (Lipinski definition) is 5. The first-order chi connectivity index (χ1) is 11.5. The number of aryl methyl sites for hydroxylation is 1. The van der Waals surface area contributed by atoms with Crippen LogP contribution < -0.4 is 4.90 Å². The summed E-state index contributed by atoms with van der Waals surface area (Å²) in [6.07, 6.45) is 1.56. The molecule has 0 spiro atoms. The zero-order valence-corrected chi connectivity index (χ0v) is 14.4. The van der Waals surface area contributed by atoms with E-state index in [9.17, 15) is 9.59 Å². The molecule has 7 nitrogen and oxygen atoms in total. The average Bonchev–Trinajstić information content (AvgIpc) is 2.62. The predicted molar refractivity (Wildman–Crippen MR) is 90.5 cm³/mol. The molecule has 3 rings (SSSR count). The number of rotatable bonds is 2. The quantitative estimate of drug-likeness (QED) is 0.797. The second kappa shape index (κ2) is 7.15. The molecule has 0 bridgehead atoms. The van der Waals surface area contributed by atoms with Crippen LogP contribution in [0.2, 0.25) is 0 Å². The molecule has 0 aliphatic carbocycles. The highest BCUT2D eigenvalue weighted by molar-refractivity contribution is 5.80. The highest BCUT2D eigenvalue weighted by atomic mass is 16.2. The van der Waals surface area contributed by atoms with Gasteiger partial charge in [-0.2, -0.15) is 5.10 Å². The Bertz CT molecular complexity index is 588. The third-order valence-electron chi connectivity index (χ3n) is 4.99. The fourth-order valence-electron chi connectivity index (χ4n) is 3.42. The molecule has 0 aromatic carbocycles. The highest BCUT2D eigenvalue weighted by Crippen LogP contribution is 2.21. The monoisotopic (exact) mass is 331 g/mol. The molecule has 2 fully saturated rings. The Balaban J connectivity index is 1.50. The van der Waals surface area contributed by atoms with Gasteiger partial charge in [0.25, 0.3) is 0 Å². The minimum absolute atomic E-state index is 0.0614. The first-order valence-electron chi connectivity index (χ1n) is 8.64. The van der Waals surface area contributed by atoms with Crippen molar-refractivity contribution in [3.8, 4) is 0 Å². The molecule has 2 saturated heterocycles. The third-order valence-corrected chi connectivity index (χ3v) is 4.99. The van der Waals surface area contributed by atoms with Gasteiger partial charge in [-0.1, -0.05) is 0 Å². The molecule has 2 aliphatic heterocycles. The minimum atomic E-state index is 0.0614. The molecule has 1 aromatic rings. The standard InChI is InChI=1S/C17H25N5O2/c1-13-3-4-16(19-18-13)21-9-11-22(12-10-21)17(24)15-5-7-20(8-6-15)14(2)23/h3-4,15H,5-12H2,1-2H3. The van der Waals surface area contributed by atoms with Crippen molar-refractivity contribution in [3.05, 3.63) is 17.8 Å². The topological polar surface area (TPSA) is 69.6 Å². The normalized spacial score (nSPS) is 19.5.